The van der Waals surface area contributed by atoms with Gasteiger partial charge in [0.05, 0.1) is 6.33 Å². The fraction of sp³-hybridized carbons (Fsp3) is 0.377. The number of hydrogen-bond acceptors (Lipinski definition) is 11. The minimum absolute atomic E-state index is 0.170. The highest BCUT2D eigenvalue weighted by molar-refractivity contribution is 6.02. The Hall–Kier alpha value is -11.2. The molecule has 123 heavy (non-hydrogen) atoms. The van der Waals surface area contributed by atoms with Crippen LogP contribution >= 0.6 is 0 Å². The van der Waals surface area contributed by atoms with Crippen molar-refractivity contribution in [1.82, 2.24) is 62.3 Å². The molecule has 1 saturated heterocycles. The molecular formula is C106H133N13O4. The van der Waals surface area contributed by atoms with Gasteiger partial charge in [-0.3, -0.25) is 29.1 Å². The number of aryl methyl sites for hydroxylation is 7. The van der Waals surface area contributed by atoms with Gasteiger partial charge in [0.1, 0.15) is 0 Å². The van der Waals surface area contributed by atoms with Crippen molar-refractivity contribution in [2.75, 3.05) is 95.6 Å². The molecule has 646 valence electrons. The number of rotatable bonds is 40. The average Bonchev–Trinajstić information content (AvgIpc) is 1.65. The fourth-order valence-corrected chi connectivity index (χ4v) is 17.3. The van der Waals surface area contributed by atoms with Crippen LogP contribution in [0.4, 0.5) is 0 Å². The molecule has 14 rings (SSSR count). The van der Waals surface area contributed by atoms with E-state index in [4.69, 9.17) is 0 Å². The number of imidazole rings is 1. The number of aromatic nitrogens is 8. The van der Waals surface area contributed by atoms with E-state index in [1.54, 1.807) is 36.9 Å². The summed E-state index contributed by atoms with van der Waals surface area (Å²) in [5, 5.41) is 6.14. The van der Waals surface area contributed by atoms with Crippen LogP contribution in [0.25, 0.3) is 78.8 Å². The van der Waals surface area contributed by atoms with E-state index < -0.39 is 0 Å². The first kappa shape index (κ1) is 92.5. The molecular weight excluding hydrogens is 1520 g/mol. The van der Waals surface area contributed by atoms with Crippen LogP contribution in [0.1, 0.15) is 145 Å². The first-order valence-corrected chi connectivity index (χ1v) is 44.6. The predicted molar refractivity (Wildman–Crippen MR) is 514 cm³/mol. The molecule has 13 aromatic rings. The number of aromatic amines is 1. The number of likely N-dealkylation sites (tertiary alicyclic amines) is 1. The Balaban J connectivity index is 0.000000160. The third kappa shape index (κ3) is 27.2. The van der Waals surface area contributed by atoms with Gasteiger partial charge in [-0.05, 0) is 296 Å². The number of pyridine rings is 1. The zero-order chi connectivity index (χ0) is 87.0. The first-order valence-electron chi connectivity index (χ1n) is 44.6. The monoisotopic (exact) mass is 1650 g/mol. The van der Waals surface area contributed by atoms with Gasteiger partial charge in [-0.25, -0.2) is 4.98 Å². The van der Waals surface area contributed by atoms with E-state index in [0.29, 0.717) is 31.6 Å². The van der Waals surface area contributed by atoms with Crippen molar-refractivity contribution in [2.24, 2.45) is 5.92 Å². The Bertz CT molecular complexity index is 5640. The number of benzene rings is 6. The molecule has 0 amide bonds. The smallest absolute Gasteiger partial charge is 0.156 e. The summed E-state index contributed by atoms with van der Waals surface area (Å²) in [5.74, 6) is 1.22. The summed E-state index contributed by atoms with van der Waals surface area (Å²) in [5.41, 5.74) is 19.4. The van der Waals surface area contributed by atoms with E-state index in [1.165, 1.54) is 94.9 Å². The van der Waals surface area contributed by atoms with Gasteiger partial charge in [-0.1, -0.05) is 127 Å². The molecule has 1 atom stereocenters. The van der Waals surface area contributed by atoms with E-state index in [9.17, 15) is 19.2 Å². The lowest BCUT2D eigenvalue weighted by molar-refractivity contribution is -0.116. The van der Waals surface area contributed by atoms with Crippen LogP contribution in [-0.2, 0) is 71.3 Å². The van der Waals surface area contributed by atoms with E-state index in [-0.39, 0.29) is 23.1 Å². The Morgan fingerprint density at radius 2 is 0.821 bits per heavy atom. The number of allylic oxidation sites excluding steroid dienone is 4. The fourth-order valence-electron chi connectivity index (χ4n) is 17.3. The van der Waals surface area contributed by atoms with Crippen molar-refractivity contribution in [3.05, 3.63) is 287 Å². The van der Waals surface area contributed by atoms with E-state index in [2.05, 4.69) is 300 Å². The summed E-state index contributed by atoms with van der Waals surface area (Å²) in [6, 6.07) is 58.9. The van der Waals surface area contributed by atoms with Crippen LogP contribution in [0.3, 0.4) is 0 Å². The van der Waals surface area contributed by atoms with Crippen LogP contribution in [0.15, 0.2) is 225 Å². The zero-order valence-electron chi connectivity index (χ0n) is 75.3. The van der Waals surface area contributed by atoms with Crippen LogP contribution < -0.4 is 0 Å². The molecule has 1 aliphatic rings. The number of ketones is 4. The van der Waals surface area contributed by atoms with Gasteiger partial charge in [0.15, 0.2) is 23.1 Å². The van der Waals surface area contributed by atoms with Gasteiger partial charge in [0.2, 0.25) is 0 Å². The summed E-state index contributed by atoms with van der Waals surface area (Å²) in [6.07, 6.45) is 37.8. The third-order valence-corrected chi connectivity index (χ3v) is 23.7. The summed E-state index contributed by atoms with van der Waals surface area (Å²) in [4.78, 5) is 73.3. The molecule has 0 saturated carbocycles. The molecule has 1 aliphatic heterocycles. The van der Waals surface area contributed by atoms with Crippen LogP contribution in [-0.4, -0.2) is 181 Å². The average molecular weight is 1650 g/mol. The number of piperidine rings is 1. The number of nitrogens with zero attached hydrogens (tertiary/aromatic N) is 12. The number of H-pyrrole nitrogens is 1. The Labute approximate surface area is 731 Å². The Morgan fingerprint density at radius 3 is 1.24 bits per heavy atom. The molecule has 8 heterocycles. The highest BCUT2D eigenvalue weighted by atomic mass is 16.1. The second kappa shape index (κ2) is 47.5. The van der Waals surface area contributed by atoms with Crippen LogP contribution in [0.2, 0.25) is 0 Å². The Morgan fingerprint density at radius 1 is 0.423 bits per heavy atom. The van der Waals surface area contributed by atoms with E-state index in [1.807, 2.05) is 59.3 Å². The largest absolute Gasteiger partial charge is 0.361 e. The lowest BCUT2D eigenvalue weighted by Crippen LogP contribution is -2.35. The van der Waals surface area contributed by atoms with Crippen molar-refractivity contribution < 1.29 is 19.2 Å². The first-order chi connectivity index (χ1) is 59.7. The number of fused-ring (bicyclic) bond motifs is 5. The molecule has 0 radical (unpaired) electrons. The van der Waals surface area contributed by atoms with Crippen molar-refractivity contribution in [1.29, 1.82) is 0 Å². The zero-order valence-corrected chi connectivity index (χ0v) is 75.3. The quantitative estimate of drug-likeness (QED) is 0.0366. The maximum atomic E-state index is 12.9. The summed E-state index contributed by atoms with van der Waals surface area (Å²) in [6.45, 7) is 20.8. The number of hydrogen-bond donors (Lipinski definition) is 1. The molecule has 17 nitrogen and oxygen atoms in total. The molecule has 1 fully saturated rings. The van der Waals surface area contributed by atoms with Crippen molar-refractivity contribution >= 4 is 102 Å². The van der Waals surface area contributed by atoms with Crippen LogP contribution in [0, 0.1) is 33.6 Å². The highest BCUT2D eigenvalue weighted by Crippen LogP contribution is 2.33. The molecule has 17 heteroatoms. The predicted octanol–water partition coefficient (Wildman–Crippen LogP) is 20.8. The molecule has 0 aliphatic carbocycles. The van der Waals surface area contributed by atoms with E-state index in [0.717, 1.165) is 171 Å². The van der Waals surface area contributed by atoms with Crippen molar-refractivity contribution in [3.63, 3.8) is 0 Å². The number of nitrogens with one attached hydrogen (secondary N) is 1. The van der Waals surface area contributed by atoms with Gasteiger partial charge in [-0.2, -0.15) is 0 Å². The molecule has 0 spiro atoms. The minimum atomic E-state index is 0.170. The van der Waals surface area contributed by atoms with Gasteiger partial charge in [0.25, 0.3) is 0 Å². The second-order valence-corrected chi connectivity index (χ2v) is 34.2. The second-order valence-electron chi connectivity index (χ2n) is 34.2. The molecule has 0 bridgehead atoms. The summed E-state index contributed by atoms with van der Waals surface area (Å²) < 4.78 is 11.6. The van der Waals surface area contributed by atoms with Crippen molar-refractivity contribution in [3.8, 4) is 0 Å². The minimum Gasteiger partial charge on any atom is -0.361 e. The topological polar surface area (TPSA) is 151 Å². The van der Waals surface area contributed by atoms with Gasteiger partial charge >= 0.3 is 0 Å². The van der Waals surface area contributed by atoms with Crippen molar-refractivity contribution in [2.45, 2.75) is 163 Å². The highest BCUT2D eigenvalue weighted by Gasteiger charge is 2.23. The Kier molecular flexibility index (Phi) is 35.7. The maximum Gasteiger partial charge on any atom is 0.156 e. The number of carbonyl (C=O) groups is 4. The van der Waals surface area contributed by atoms with Gasteiger partial charge in [0, 0.05) is 202 Å². The van der Waals surface area contributed by atoms with Crippen LogP contribution in [0.5, 0.6) is 0 Å². The third-order valence-electron chi connectivity index (χ3n) is 23.7. The number of carbonyl (C=O) groups excluding carboxylic acids is 4. The summed E-state index contributed by atoms with van der Waals surface area (Å²) in [7, 11) is 16.9. The SMILES string of the molecule is Cc1c(/C=C/C(=O)CC2CCCN(Cc3ccccc3)C2)c2ccccc2n1CCCN(C)C.Cc1c(/C=C/C(=O)CCCc2c[nH]c3ccccc23)c2ccccc2n1CCCN(C)C.Cc1c(/C=C/C(=O)CCCc2ccccn2)c2ccccc2n1CCCN(C)C.Cc1c(/C=C/C(=O)CCCn2ccnc2)c2ccccc2n1CCCN(C)C. The van der Waals surface area contributed by atoms with E-state index >= 15 is 0 Å². The standard InChI is InChI=1S/C30H39N3O.C28H33N3O.C25H31N3O.C23H30N4O/c1-24-28(29-14-7-8-15-30(29)33(24)20-10-18-31(2)3)17-16-27(34)21-26-13-9-19-32(23-26)22-25-11-5-4-6-12-25;1-21-24(26-13-5-7-15-28(26)31(21)19-9-18-30(2)3)17-16-23(32)11-8-10-22-20-29-27-14-6-4-12-25(22)27;1-20-23(16-15-22(29)12-8-11-21-10-6-7-17-26-21)24-13-4-5-14-25(24)28(20)19-9-18-27(2)3;1-19-21(12-11-20(28)8-6-15-26-17-13-24-18-26)22-9-4-5-10-23(22)27(19)16-7-14-25(2)3/h4-8,11-12,14-17,26H,9-10,13,18-23H2,1-3H3;4-7,12-17,20,29H,8-11,18-19H2,1-3H3;4-7,10,13-17H,8-9,11-12,18-19H2,1-3H3;4-5,9-13,17-18H,6-8,14-16H2,1-3H3/b2*17-16+;16-15+;12-11+. The molecule has 7 aromatic heterocycles. The molecule has 1 N–H and O–H groups in total. The maximum absolute atomic E-state index is 12.9. The number of para-hydroxylation sites is 5. The molecule has 6 aromatic carbocycles. The lowest BCUT2D eigenvalue weighted by atomic mass is 9.92. The normalized spacial score (nSPS) is 13.3. The van der Waals surface area contributed by atoms with Gasteiger partial charge < -0.3 is 47.4 Å². The summed E-state index contributed by atoms with van der Waals surface area (Å²) >= 11 is 0. The lowest BCUT2D eigenvalue weighted by Gasteiger charge is -2.32. The molecule has 1 unspecified atom stereocenters. The van der Waals surface area contributed by atoms with Gasteiger partial charge in [-0.15, -0.1) is 0 Å².